The Labute approximate surface area is 141 Å². The molecule has 0 rings (SSSR count). The lowest BCUT2D eigenvalue weighted by molar-refractivity contribution is 0.537. The van der Waals surface area contributed by atoms with Crippen LogP contribution in [0.4, 0.5) is 0 Å². The van der Waals surface area contributed by atoms with Gasteiger partial charge in [0.2, 0.25) is 0 Å². The highest BCUT2D eigenvalue weighted by Crippen LogP contribution is 2.13. The van der Waals surface area contributed by atoms with Crippen molar-refractivity contribution in [1.82, 2.24) is 5.32 Å². The Bertz CT molecular complexity index is 222. The van der Waals surface area contributed by atoms with Gasteiger partial charge in [0.25, 0.3) is 0 Å². The summed E-state index contributed by atoms with van der Waals surface area (Å²) in [5, 5.41) is 3.43. The Kier molecular flexibility index (Phi) is 18.2. The third kappa shape index (κ3) is 17.6. The Hall–Kier alpha value is -0.460. The molecule has 0 saturated heterocycles. The molecular weight excluding hydrogens is 266 g/mol. The van der Waals surface area contributed by atoms with E-state index in [1.165, 1.54) is 108 Å². The van der Waals surface area contributed by atoms with Crippen LogP contribution in [0.15, 0.2) is 12.3 Å². The zero-order chi connectivity index (χ0) is 16.3. The zero-order valence-electron chi connectivity index (χ0n) is 15.7. The molecule has 0 heterocycles. The lowest BCUT2D eigenvalue weighted by Crippen LogP contribution is -2.13. The maximum Gasteiger partial charge on any atom is 0.0143 e. The van der Waals surface area contributed by atoms with Crippen molar-refractivity contribution in [1.29, 1.82) is 0 Å². The standard InChI is InChI=1S/C21H43N/c1-4-6-8-9-10-11-12-13-14-15-16-17-18-19-21(3)22-20-7-5-2/h22H,3-20H2,1-2H3. The van der Waals surface area contributed by atoms with E-state index in [2.05, 4.69) is 25.7 Å². The maximum absolute atomic E-state index is 4.11. The monoisotopic (exact) mass is 309 g/mol. The van der Waals surface area contributed by atoms with Gasteiger partial charge in [-0.1, -0.05) is 104 Å². The number of nitrogens with one attached hydrogen (secondary N) is 1. The molecule has 22 heavy (non-hydrogen) atoms. The van der Waals surface area contributed by atoms with Crippen LogP contribution in [-0.2, 0) is 0 Å². The van der Waals surface area contributed by atoms with Crippen molar-refractivity contribution in [2.24, 2.45) is 0 Å². The first-order valence-electron chi connectivity index (χ1n) is 10.2. The van der Waals surface area contributed by atoms with E-state index in [0.717, 1.165) is 6.54 Å². The van der Waals surface area contributed by atoms with Crippen LogP contribution in [0.5, 0.6) is 0 Å². The topological polar surface area (TPSA) is 12.0 Å². The van der Waals surface area contributed by atoms with Gasteiger partial charge in [-0.25, -0.2) is 0 Å². The molecule has 132 valence electrons. The van der Waals surface area contributed by atoms with Crippen LogP contribution in [-0.4, -0.2) is 6.54 Å². The maximum atomic E-state index is 4.11. The summed E-state index contributed by atoms with van der Waals surface area (Å²) in [7, 11) is 0. The molecule has 0 spiro atoms. The van der Waals surface area contributed by atoms with Crippen LogP contribution in [0.3, 0.4) is 0 Å². The van der Waals surface area contributed by atoms with E-state index >= 15 is 0 Å². The Morgan fingerprint density at radius 2 is 1.00 bits per heavy atom. The van der Waals surface area contributed by atoms with Crippen LogP contribution < -0.4 is 5.32 Å². The highest BCUT2D eigenvalue weighted by molar-refractivity contribution is 4.90. The van der Waals surface area contributed by atoms with Crippen LogP contribution in [0.25, 0.3) is 0 Å². The van der Waals surface area contributed by atoms with E-state index in [0.29, 0.717) is 0 Å². The van der Waals surface area contributed by atoms with Crippen molar-refractivity contribution in [3.8, 4) is 0 Å². The normalized spacial score (nSPS) is 10.8. The molecule has 0 atom stereocenters. The molecule has 1 N–H and O–H groups in total. The summed E-state index contributed by atoms with van der Waals surface area (Å²) in [4.78, 5) is 0. The van der Waals surface area contributed by atoms with Crippen molar-refractivity contribution in [2.75, 3.05) is 6.54 Å². The van der Waals surface area contributed by atoms with E-state index in [1.807, 2.05) is 0 Å². The van der Waals surface area contributed by atoms with Crippen molar-refractivity contribution in [3.05, 3.63) is 12.3 Å². The third-order valence-electron chi connectivity index (χ3n) is 4.49. The molecule has 1 nitrogen and oxygen atoms in total. The number of hydrogen-bond donors (Lipinski definition) is 1. The van der Waals surface area contributed by atoms with Gasteiger partial charge in [-0.3, -0.25) is 0 Å². The van der Waals surface area contributed by atoms with Crippen molar-refractivity contribution >= 4 is 0 Å². The molecule has 1 heteroatoms. The minimum atomic E-state index is 1.10. The Balaban J connectivity index is 3.06. The third-order valence-corrected chi connectivity index (χ3v) is 4.49. The van der Waals surface area contributed by atoms with E-state index in [4.69, 9.17) is 0 Å². The quantitative estimate of drug-likeness (QED) is 0.261. The lowest BCUT2D eigenvalue weighted by atomic mass is 10.0. The van der Waals surface area contributed by atoms with E-state index in [9.17, 15) is 0 Å². The molecule has 0 aromatic rings. The van der Waals surface area contributed by atoms with Gasteiger partial charge < -0.3 is 5.32 Å². The average molecular weight is 310 g/mol. The first-order chi connectivity index (χ1) is 10.8. The molecular formula is C21H43N. The molecule has 0 unspecified atom stereocenters. The molecule has 0 aromatic carbocycles. The minimum Gasteiger partial charge on any atom is -0.389 e. The van der Waals surface area contributed by atoms with Crippen molar-refractivity contribution in [3.63, 3.8) is 0 Å². The van der Waals surface area contributed by atoms with E-state index < -0.39 is 0 Å². The van der Waals surface area contributed by atoms with Gasteiger partial charge >= 0.3 is 0 Å². The molecule has 0 bridgehead atoms. The van der Waals surface area contributed by atoms with Crippen LogP contribution in [0.1, 0.15) is 117 Å². The second-order valence-corrected chi connectivity index (χ2v) is 6.88. The smallest absolute Gasteiger partial charge is 0.0143 e. The summed E-state index contributed by atoms with van der Waals surface area (Å²) in [6.07, 6.45) is 22.2. The van der Waals surface area contributed by atoms with Gasteiger partial charge in [0, 0.05) is 12.2 Å². The first-order valence-corrected chi connectivity index (χ1v) is 10.2. The minimum absolute atomic E-state index is 1.10. The summed E-state index contributed by atoms with van der Waals surface area (Å²) in [5.41, 5.74) is 1.25. The van der Waals surface area contributed by atoms with Gasteiger partial charge in [-0.15, -0.1) is 0 Å². The van der Waals surface area contributed by atoms with Gasteiger partial charge in [0.05, 0.1) is 0 Å². The SMILES string of the molecule is C=C(CCCCCCCCCCCCCCC)NCCCC. The summed E-state index contributed by atoms with van der Waals surface area (Å²) in [5.74, 6) is 0. The highest BCUT2D eigenvalue weighted by Gasteiger charge is 1.96. The fraction of sp³-hybridized carbons (Fsp3) is 0.905. The highest BCUT2D eigenvalue weighted by atomic mass is 14.9. The number of allylic oxidation sites excluding steroid dienone is 1. The summed E-state index contributed by atoms with van der Waals surface area (Å²) in [6.45, 7) is 9.74. The Morgan fingerprint density at radius 1 is 0.591 bits per heavy atom. The summed E-state index contributed by atoms with van der Waals surface area (Å²) in [6, 6.07) is 0. The van der Waals surface area contributed by atoms with Crippen LogP contribution in [0.2, 0.25) is 0 Å². The van der Waals surface area contributed by atoms with Gasteiger partial charge in [-0.2, -0.15) is 0 Å². The van der Waals surface area contributed by atoms with E-state index in [-0.39, 0.29) is 0 Å². The fourth-order valence-electron chi connectivity index (χ4n) is 2.89. The average Bonchev–Trinajstić information content (AvgIpc) is 2.52. The van der Waals surface area contributed by atoms with Crippen LogP contribution in [0, 0.1) is 0 Å². The molecule has 0 aliphatic heterocycles. The fourth-order valence-corrected chi connectivity index (χ4v) is 2.89. The molecule has 0 fully saturated rings. The largest absolute Gasteiger partial charge is 0.389 e. The van der Waals surface area contributed by atoms with Gasteiger partial charge in [-0.05, 0) is 19.3 Å². The van der Waals surface area contributed by atoms with E-state index in [1.54, 1.807) is 0 Å². The molecule has 0 aromatic heterocycles. The van der Waals surface area contributed by atoms with Crippen molar-refractivity contribution < 1.29 is 0 Å². The number of rotatable bonds is 18. The van der Waals surface area contributed by atoms with Crippen molar-refractivity contribution in [2.45, 2.75) is 117 Å². The predicted molar refractivity (Wildman–Crippen MR) is 102 cm³/mol. The first kappa shape index (κ1) is 21.5. The molecule has 0 aliphatic rings. The Morgan fingerprint density at radius 3 is 1.45 bits per heavy atom. The molecule has 0 amide bonds. The molecule has 0 aliphatic carbocycles. The number of hydrogen-bond acceptors (Lipinski definition) is 1. The van der Waals surface area contributed by atoms with Crippen LogP contribution >= 0.6 is 0 Å². The molecule has 0 saturated carbocycles. The van der Waals surface area contributed by atoms with Gasteiger partial charge in [0.1, 0.15) is 0 Å². The summed E-state index contributed by atoms with van der Waals surface area (Å²) < 4.78 is 0. The second kappa shape index (κ2) is 18.6. The van der Waals surface area contributed by atoms with Gasteiger partial charge in [0.15, 0.2) is 0 Å². The summed E-state index contributed by atoms with van der Waals surface area (Å²) >= 11 is 0. The predicted octanol–water partition coefficient (Wildman–Crippen LogP) is 7.37. The number of unbranched alkanes of at least 4 members (excludes halogenated alkanes) is 13. The zero-order valence-corrected chi connectivity index (χ0v) is 15.7. The molecule has 0 radical (unpaired) electrons. The lowest BCUT2D eigenvalue weighted by Gasteiger charge is -2.08. The second-order valence-electron chi connectivity index (χ2n) is 6.88.